The molecule has 0 aliphatic carbocycles. The Hall–Kier alpha value is -2.32. The third kappa shape index (κ3) is 5.36. The quantitative estimate of drug-likeness (QED) is 0.690. The van der Waals surface area contributed by atoms with Crippen molar-refractivity contribution in [3.8, 4) is 0 Å². The normalized spacial score (nSPS) is 18.0. The highest BCUT2D eigenvalue weighted by Crippen LogP contribution is 2.33. The third-order valence-electron chi connectivity index (χ3n) is 4.43. The topological polar surface area (TPSA) is 49.9 Å². The molecule has 1 fully saturated rings. The molecule has 1 aliphatic heterocycles. The number of hydrogen-bond acceptors (Lipinski definition) is 3. The number of piperidine rings is 1. The molecule has 9 heteroatoms. The lowest BCUT2D eigenvalue weighted by Gasteiger charge is -2.38. The molecule has 1 unspecified atom stereocenters. The smallest absolute Gasteiger partial charge is 0.417 e. The van der Waals surface area contributed by atoms with Gasteiger partial charge in [0.15, 0.2) is 0 Å². The van der Waals surface area contributed by atoms with Crippen molar-refractivity contribution >= 4 is 12.0 Å². The first-order valence-corrected chi connectivity index (χ1v) is 8.91. The molecule has 0 bridgehead atoms. The van der Waals surface area contributed by atoms with E-state index in [2.05, 4.69) is 0 Å². The summed E-state index contributed by atoms with van der Waals surface area (Å²) < 4.78 is 58.2. The number of carbonyl (C=O) groups is 2. The monoisotopic (exact) mass is 404 g/mol. The average molecular weight is 404 g/mol. The summed E-state index contributed by atoms with van der Waals surface area (Å²) in [7, 11) is 1.38. The number of hydrogen-bond donors (Lipinski definition) is 0. The molecule has 5 nitrogen and oxygen atoms in total. The van der Waals surface area contributed by atoms with Crippen LogP contribution in [0.2, 0.25) is 0 Å². The van der Waals surface area contributed by atoms with Gasteiger partial charge in [0.25, 0.3) is 5.91 Å². The van der Waals surface area contributed by atoms with Gasteiger partial charge < -0.3 is 14.5 Å². The first-order valence-electron chi connectivity index (χ1n) is 8.91. The molecule has 1 atom stereocenters. The fraction of sp³-hybridized carbons (Fsp3) is 0.579. The lowest BCUT2D eigenvalue weighted by Crippen LogP contribution is -2.51. The molecular formula is C19H24F4N2O3. The fourth-order valence-corrected chi connectivity index (χ4v) is 3.06. The Balaban J connectivity index is 2.19. The number of carbonyl (C=O) groups excluding carboxylic acids is 2. The summed E-state index contributed by atoms with van der Waals surface area (Å²) in [6.07, 6.45) is -4.28. The van der Waals surface area contributed by atoms with Crippen molar-refractivity contribution in [2.75, 3.05) is 20.1 Å². The molecule has 156 valence electrons. The van der Waals surface area contributed by atoms with Crippen LogP contribution in [0.15, 0.2) is 18.2 Å². The minimum atomic E-state index is -4.86. The molecule has 2 rings (SSSR count). The Morgan fingerprint density at radius 2 is 1.86 bits per heavy atom. The number of nitrogens with zero attached hydrogens (tertiary/aromatic N) is 2. The van der Waals surface area contributed by atoms with Crippen LogP contribution in [0, 0.1) is 5.82 Å². The molecule has 0 aromatic heterocycles. The van der Waals surface area contributed by atoms with Gasteiger partial charge in [0, 0.05) is 26.2 Å². The van der Waals surface area contributed by atoms with Crippen LogP contribution in [-0.4, -0.2) is 53.6 Å². The molecule has 0 N–H and O–H groups in total. The zero-order valence-electron chi connectivity index (χ0n) is 16.3. The van der Waals surface area contributed by atoms with Crippen LogP contribution in [0.25, 0.3) is 0 Å². The van der Waals surface area contributed by atoms with E-state index in [1.807, 2.05) is 0 Å². The predicted octanol–water partition coefficient (Wildman–Crippen LogP) is 4.32. The summed E-state index contributed by atoms with van der Waals surface area (Å²) in [6.45, 7) is 5.79. The van der Waals surface area contributed by atoms with Gasteiger partial charge >= 0.3 is 12.3 Å². The molecule has 1 heterocycles. The Bertz CT molecular complexity index is 744. The number of ether oxygens (including phenoxy) is 1. The van der Waals surface area contributed by atoms with Crippen molar-refractivity contribution < 1.29 is 31.9 Å². The Morgan fingerprint density at radius 1 is 1.21 bits per heavy atom. The lowest BCUT2D eigenvalue weighted by atomic mass is 10.0. The second-order valence-corrected chi connectivity index (χ2v) is 7.83. The molecule has 1 aromatic carbocycles. The first-order chi connectivity index (χ1) is 12.8. The van der Waals surface area contributed by atoms with E-state index in [9.17, 15) is 27.2 Å². The number of likely N-dealkylation sites (N-methyl/N-ethyl adjacent to an activating group) is 1. The molecule has 1 aromatic rings. The van der Waals surface area contributed by atoms with Crippen LogP contribution in [0.3, 0.4) is 0 Å². The van der Waals surface area contributed by atoms with E-state index in [0.29, 0.717) is 25.5 Å². The molecule has 0 radical (unpaired) electrons. The zero-order valence-corrected chi connectivity index (χ0v) is 16.3. The second kappa shape index (κ2) is 7.97. The average Bonchev–Trinajstić information content (AvgIpc) is 2.58. The van der Waals surface area contributed by atoms with Gasteiger partial charge in [-0.25, -0.2) is 9.18 Å². The number of rotatable bonds is 2. The van der Waals surface area contributed by atoms with E-state index < -0.39 is 46.8 Å². The highest BCUT2D eigenvalue weighted by Gasteiger charge is 2.38. The van der Waals surface area contributed by atoms with Crippen LogP contribution in [0.5, 0.6) is 0 Å². The SMILES string of the molecule is CN(C(=O)c1ccc(F)cc1C(F)(F)F)C1CCCN(C(=O)OC(C)(C)C)C1. The summed E-state index contributed by atoms with van der Waals surface area (Å²) in [5, 5.41) is 0. The van der Waals surface area contributed by atoms with Crippen LogP contribution in [0.4, 0.5) is 22.4 Å². The lowest BCUT2D eigenvalue weighted by molar-refractivity contribution is -0.138. The van der Waals surface area contributed by atoms with Crippen molar-refractivity contribution in [2.24, 2.45) is 0 Å². The molecule has 0 spiro atoms. The van der Waals surface area contributed by atoms with E-state index >= 15 is 0 Å². The van der Waals surface area contributed by atoms with Crippen LogP contribution >= 0.6 is 0 Å². The first kappa shape index (κ1) is 22.0. The van der Waals surface area contributed by atoms with Gasteiger partial charge in [-0.15, -0.1) is 0 Å². The molecule has 28 heavy (non-hydrogen) atoms. The Labute approximate surface area is 161 Å². The summed E-state index contributed by atoms with van der Waals surface area (Å²) in [6, 6.07) is 1.50. The van der Waals surface area contributed by atoms with E-state index in [1.54, 1.807) is 20.8 Å². The van der Waals surface area contributed by atoms with Gasteiger partial charge in [-0.1, -0.05) is 0 Å². The van der Waals surface area contributed by atoms with Crippen LogP contribution in [0.1, 0.15) is 49.5 Å². The second-order valence-electron chi connectivity index (χ2n) is 7.83. The fourth-order valence-electron chi connectivity index (χ4n) is 3.06. The van der Waals surface area contributed by atoms with Crippen LogP contribution in [-0.2, 0) is 10.9 Å². The van der Waals surface area contributed by atoms with E-state index in [1.165, 1.54) is 16.8 Å². The van der Waals surface area contributed by atoms with Crippen molar-refractivity contribution in [3.05, 3.63) is 35.1 Å². The maximum atomic E-state index is 13.3. The standard InChI is InChI=1S/C19H24F4N2O3/c1-18(2,3)28-17(27)25-9-5-6-13(11-25)24(4)16(26)14-8-7-12(20)10-15(14)19(21,22)23/h7-8,10,13H,5-6,9,11H2,1-4H3. The molecule has 0 saturated carbocycles. The maximum absolute atomic E-state index is 13.3. The van der Waals surface area contributed by atoms with Crippen molar-refractivity contribution in [3.63, 3.8) is 0 Å². The minimum absolute atomic E-state index is 0.152. The number of benzene rings is 1. The minimum Gasteiger partial charge on any atom is -0.444 e. The van der Waals surface area contributed by atoms with Gasteiger partial charge in [0.05, 0.1) is 11.1 Å². The Kier molecular flexibility index (Phi) is 6.25. The Morgan fingerprint density at radius 3 is 2.43 bits per heavy atom. The molecule has 2 amide bonds. The maximum Gasteiger partial charge on any atom is 0.417 e. The van der Waals surface area contributed by atoms with Gasteiger partial charge in [-0.3, -0.25) is 4.79 Å². The van der Waals surface area contributed by atoms with Crippen molar-refractivity contribution in [2.45, 2.75) is 51.4 Å². The largest absolute Gasteiger partial charge is 0.444 e. The summed E-state index contributed by atoms with van der Waals surface area (Å²) in [5.41, 5.74) is -2.61. The third-order valence-corrected chi connectivity index (χ3v) is 4.43. The highest BCUT2D eigenvalue weighted by molar-refractivity contribution is 5.96. The highest BCUT2D eigenvalue weighted by atomic mass is 19.4. The molecule has 1 aliphatic rings. The molecular weight excluding hydrogens is 380 g/mol. The van der Waals surface area contributed by atoms with E-state index in [-0.39, 0.29) is 6.54 Å². The molecule has 1 saturated heterocycles. The summed E-state index contributed by atoms with van der Waals surface area (Å²) in [5.74, 6) is -1.94. The predicted molar refractivity (Wildman–Crippen MR) is 94.3 cm³/mol. The van der Waals surface area contributed by atoms with Gasteiger partial charge in [0.2, 0.25) is 0 Å². The zero-order chi connectivity index (χ0) is 21.3. The summed E-state index contributed by atoms with van der Waals surface area (Å²) in [4.78, 5) is 27.6. The van der Waals surface area contributed by atoms with Gasteiger partial charge in [-0.05, 0) is 51.8 Å². The number of alkyl halides is 3. The van der Waals surface area contributed by atoms with Crippen molar-refractivity contribution in [1.29, 1.82) is 0 Å². The van der Waals surface area contributed by atoms with Gasteiger partial charge in [-0.2, -0.15) is 13.2 Å². The summed E-state index contributed by atoms with van der Waals surface area (Å²) >= 11 is 0. The number of halogens is 4. The number of amides is 2. The van der Waals surface area contributed by atoms with Crippen molar-refractivity contribution in [1.82, 2.24) is 9.80 Å². The van der Waals surface area contributed by atoms with Crippen LogP contribution < -0.4 is 0 Å². The van der Waals surface area contributed by atoms with Gasteiger partial charge in [0.1, 0.15) is 11.4 Å². The van der Waals surface area contributed by atoms with E-state index in [4.69, 9.17) is 4.74 Å². The number of likely N-dealkylation sites (tertiary alicyclic amines) is 1. The van der Waals surface area contributed by atoms with E-state index in [0.717, 1.165) is 12.1 Å².